The van der Waals surface area contributed by atoms with Crippen LogP contribution in [0.2, 0.25) is 0 Å². The first-order valence-corrected chi connectivity index (χ1v) is 3.34. The fraction of sp³-hybridized carbons (Fsp3) is 0.500. The van der Waals surface area contributed by atoms with Crippen molar-refractivity contribution in [2.45, 2.75) is 13.8 Å². The number of ether oxygens (including phenoxy) is 1. The van der Waals surface area contributed by atoms with Gasteiger partial charge in [-0.15, -0.1) is 5.73 Å². The van der Waals surface area contributed by atoms with Gasteiger partial charge in [-0.1, -0.05) is 0 Å². The topological polar surface area (TPSA) is 46.5 Å². The van der Waals surface area contributed by atoms with Gasteiger partial charge in [0.1, 0.15) is 6.61 Å². The van der Waals surface area contributed by atoms with E-state index < -0.39 is 5.97 Å². The number of carbonyl (C=O) groups excluding carboxylic acids is 1. The molecule has 0 atom stereocenters. The van der Waals surface area contributed by atoms with Crippen molar-refractivity contribution in [3.05, 3.63) is 17.4 Å². The summed E-state index contributed by atoms with van der Waals surface area (Å²) < 4.78 is 4.52. The van der Waals surface area contributed by atoms with Gasteiger partial charge in [-0.25, -0.2) is 4.79 Å². The smallest absolute Gasteiger partial charge is 0.338 e. The molecule has 0 aromatic carbocycles. The quantitative estimate of drug-likeness (QED) is 0.370. The number of hydrogen-bond acceptors (Lipinski definition) is 3. The molecule has 3 nitrogen and oxygen atoms in total. The monoisotopic (exact) mass is 156 g/mol. The van der Waals surface area contributed by atoms with Crippen molar-refractivity contribution >= 4 is 5.97 Å². The second kappa shape index (κ2) is 5.71. The minimum absolute atomic E-state index is 0.0414. The molecule has 3 heteroatoms. The van der Waals surface area contributed by atoms with E-state index in [4.69, 9.17) is 5.11 Å². The fourth-order valence-electron chi connectivity index (χ4n) is 0.391. The van der Waals surface area contributed by atoms with Crippen LogP contribution in [0, 0.1) is 0 Å². The van der Waals surface area contributed by atoms with E-state index in [0.29, 0.717) is 0 Å². The Kier molecular flexibility index (Phi) is 5.17. The Balaban J connectivity index is 3.79. The standard InChI is InChI=1S/C8H12O3/c1-7(2)3-4-8(10)11-6-5-9/h4,9H,5-6H2,1-2H3. The lowest BCUT2D eigenvalue weighted by Gasteiger charge is -1.94. The third kappa shape index (κ3) is 6.84. The zero-order chi connectivity index (χ0) is 8.69. The first-order valence-electron chi connectivity index (χ1n) is 3.34. The number of hydrogen-bond donors (Lipinski definition) is 1. The Morgan fingerprint density at radius 3 is 2.73 bits per heavy atom. The van der Waals surface area contributed by atoms with Crippen molar-refractivity contribution in [1.29, 1.82) is 0 Å². The molecule has 0 radical (unpaired) electrons. The average Bonchev–Trinajstić information content (AvgIpc) is 1.97. The van der Waals surface area contributed by atoms with Gasteiger partial charge in [0.25, 0.3) is 0 Å². The molecule has 0 amide bonds. The van der Waals surface area contributed by atoms with E-state index in [0.717, 1.165) is 5.57 Å². The number of aliphatic hydroxyl groups excluding tert-OH is 1. The second-order valence-electron chi connectivity index (χ2n) is 2.18. The Bertz CT molecular complexity index is 184. The van der Waals surface area contributed by atoms with E-state index in [-0.39, 0.29) is 13.2 Å². The van der Waals surface area contributed by atoms with Crippen LogP contribution in [0.1, 0.15) is 13.8 Å². The Morgan fingerprint density at radius 2 is 2.27 bits per heavy atom. The minimum Gasteiger partial charge on any atom is -0.460 e. The van der Waals surface area contributed by atoms with E-state index in [1.807, 2.05) is 13.8 Å². The van der Waals surface area contributed by atoms with Gasteiger partial charge in [-0.05, 0) is 19.4 Å². The maximum absolute atomic E-state index is 10.6. The molecule has 0 aromatic heterocycles. The molecule has 0 heterocycles. The van der Waals surface area contributed by atoms with Gasteiger partial charge >= 0.3 is 5.97 Å². The highest BCUT2D eigenvalue weighted by Crippen LogP contribution is 1.85. The van der Waals surface area contributed by atoms with Gasteiger partial charge in [0.15, 0.2) is 0 Å². The van der Waals surface area contributed by atoms with E-state index in [9.17, 15) is 4.79 Å². The van der Waals surface area contributed by atoms with Crippen molar-refractivity contribution in [2.75, 3.05) is 13.2 Å². The fourth-order valence-corrected chi connectivity index (χ4v) is 0.391. The molecule has 11 heavy (non-hydrogen) atoms. The van der Waals surface area contributed by atoms with Crippen LogP contribution in [-0.2, 0) is 9.53 Å². The number of esters is 1. The second-order valence-corrected chi connectivity index (χ2v) is 2.18. The highest BCUT2D eigenvalue weighted by atomic mass is 16.5. The van der Waals surface area contributed by atoms with Crippen LogP contribution in [0.3, 0.4) is 0 Å². The van der Waals surface area contributed by atoms with Crippen molar-refractivity contribution in [1.82, 2.24) is 0 Å². The molecule has 0 saturated carbocycles. The van der Waals surface area contributed by atoms with Gasteiger partial charge in [0.2, 0.25) is 0 Å². The highest BCUT2D eigenvalue weighted by Gasteiger charge is 1.92. The Hall–Kier alpha value is -1.05. The van der Waals surface area contributed by atoms with E-state index in [1.165, 1.54) is 6.08 Å². The zero-order valence-electron chi connectivity index (χ0n) is 6.76. The van der Waals surface area contributed by atoms with Crippen LogP contribution in [0.5, 0.6) is 0 Å². The molecule has 0 spiro atoms. The number of aliphatic hydroxyl groups is 1. The summed E-state index contributed by atoms with van der Waals surface area (Å²) in [7, 11) is 0. The summed E-state index contributed by atoms with van der Waals surface area (Å²) >= 11 is 0. The summed E-state index contributed by atoms with van der Waals surface area (Å²) in [6.07, 6.45) is 1.21. The molecular formula is C8H12O3. The van der Waals surface area contributed by atoms with Crippen molar-refractivity contribution in [2.24, 2.45) is 0 Å². The number of carbonyl (C=O) groups is 1. The Labute approximate surface area is 66.0 Å². The van der Waals surface area contributed by atoms with Gasteiger partial charge in [0, 0.05) is 0 Å². The van der Waals surface area contributed by atoms with Gasteiger partial charge in [0.05, 0.1) is 12.7 Å². The van der Waals surface area contributed by atoms with Crippen LogP contribution in [0.15, 0.2) is 17.4 Å². The Morgan fingerprint density at radius 1 is 1.64 bits per heavy atom. The largest absolute Gasteiger partial charge is 0.460 e. The van der Waals surface area contributed by atoms with Gasteiger partial charge in [-0.2, -0.15) is 0 Å². The first kappa shape index (κ1) is 9.95. The van der Waals surface area contributed by atoms with Gasteiger partial charge in [-0.3, -0.25) is 0 Å². The van der Waals surface area contributed by atoms with Crippen molar-refractivity contribution < 1.29 is 14.6 Å². The summed E-state index contributed by atoms with van der Waals surface area (Å²) in [6.45, 7) is 3.56. The van der Waals surface area contributed by atoms with Crippen LogP contribution in [0.25, 0.3) is 0 Å². The number of rotatable bonds is 3. The molecule has 0 aliphatic heterocycles. The molecule has 0 aliphatic rings. The predicted molar refractivity (Wildman–Crippen MR) is 41.0 cm³/mol. The molecule has 1 N–H and O–H groups in total. The molecule has 0 unspecified atom stereocenters. The lowest BCUT2D eigenvalue weighted by molar-refractivity contribution is -0.138. The lowest BCUT2D eigenvalue weighted by Crippen LogP contribution is -2.04. The van der Waals surface area contributed by atoms with Crippen LogP contribution in [-0.4, -0.2) is 24.3 Å². The molecule has 0 aromatic rings. The van der Waals surface area contributed by atoms with Crippen molar-refractivity contribution in [3.8, 4) is 0 Å². The molecule has 0 aliphatic carbocycles. The summed E-state index contributed by atoms with van der Waals surface area (Å²) in [6, 6.07) is 0. The summed E-state index contributed by atoms with van der Waals surface area (Å²) in [5.74, 6) is -0.472. The first-order chi connectivity index (χ1) is 5.16. The predicted octanol–water partition coefficient (Wildman–Crippen LogP) is 0.643. The van der Waals surface area contributed by atoms with Gasteiger partial charge < -0.3 is 9.84 Å². The zero-order valence-corrected chi connectivity index (χ0v) is 6.76. The van der Waals surface area contributed by atoms with E-state index in [2.05, 4.69) is 10.5 Å². The molecule has 0 rings (SSSR count). The van der Waals surface area contributed by atoms with Crippen molar-refractivity contribution in [3.63, 3.8) is 0 Å². The van der Waals surface area contributed by atoms with E-state index >= 15 is 0 Å². The normalized spacial score (nSPS) is 8.27. The molecule has 0 fully saturated rings. The third-order valence-electron chi connectivity index (χ3n) is 0.814. The SMILES string of the molecule is CC(C)=C=CC(=O)OCCO. The van der Waals surface area contributed by atoms with Crippen LogP contribution >= 0.6 is 0 Å². The maximum Gasteiger partial charge on any atom is 0.338 e. The minimum atomic E-state index is -0.472. The van der Waals surface area contributed by atoms with Crippen LogP contribution < -0.4 is 0 Å². The summed E-state index contributed by atoms with van der Waals surface area (Å²) in [4.78, 5) is 10.6. The average molecular weight is 156 g/mol. The molecular weight excluding hydrogens is 144 g/mol. The lowest BCUT2D eigenvalue weighted by atomic mass is 10.4. The summed E-state index contributed by atoms with van der Waals surface area (Å²) in [5, 5.41) is 8.28. The maximum atomic E-state index is 10.6. The van der Waals surface area contributed by atoms with E-state index in [1.54, 1.807) is 0 Å². The molecule has 0 saturated heterocycles. The third-order valence-corrected chi connectivity index (χ3v) is 0.814. The molecule has 62 valence electrons. The molecule has 0 bridgehead atoms. The summed E-state index contributed by atoms with van der Waals surface area (Å²) in [5.41, 5.74) is 3.60. The highest BCUT2D eigenvalue weighted by molar-refractivity contribution is 5.81. The van der Waals surface area contributed by atoms with Crippen LogP contribution in [0.4, 0.5) is 0 Å².